The second-order valence-corrected chi connectivity index (χ2v) is 2.22. The van der Waals surface area contributed by atoms with Crippen molar-refractivity contribution in [3.63, 3.8) is 0 Å². The molecule has 1 aromatic carbocycles. The molecule has 0 aliphatic heterocycles. The third-order valence-electron chi connectivity index (χ3n) is 1.42. The van der Waals surface area contributed by atoms with Gasteiger partial charge in [-0.2, -0.15) is 0 Å². The molecule has 0 heterocycles. The van der Waals surface area contributed by atoms with Crippen molar-refractivity contribution in [2.24, 2.45) is 10.3 Å². The van der Waals surface area contributed by atoms with Crippen LogP contribution in [0.4, 0.5) is 0 Å². The minimum absolute atomic E-state index is 0.215. The van der Waals surface area contributed by atoms with Crippen molar-refractivity contribution < 1.29 is 14.5 Å². The molecule has 72 valence electrons. The summed E-state index contributed by atoms with van der Waals surface area (Å²) in [7, 11) is 0. The molecule has 0 aliphatic carbocycles. The van der Waals surface area contributed by atoms with Crippen LogP contribution >= 0.6 is 0 Å². The lowest BCUT2D eigenvalue weighted by molar-refractivity contribution is 0.0516. The number of oxime groups is 2. The predicted molar refractivity (Wildman–Crippen MR) is 51.6 cm³/mol. The van der Waals surface area contributed by atoms with Crippen molar-refractivity contribution in [3.8, 4) is 5.75 Å². The van der Waals surface area contributed by atoms with Gasteiger partial charge in [0.1, 0.15) is 5.56 Å². The number of hydrogen-bond acceptors (Lipinski definition) is 5. The molecule has 0 saturated carbocycles. The average Bonchev–Trinajstić information content (AvgIpc) is 2.19. The summed E-state index contributed by atoms with van der Waals surface area (Å²) in [6.45, 7) is 6.17. The number of hydrogen-bond donors (Lipinski definition) is 0. The van der Waals surface area contributed by atoms with Gasteiger partial charge in [0.15, 0.2) is 5.75 Å². The van der Waals surface area contributed by atoms with Crippen LogP contribution in [0.25, 0.3) is 0 Å². The number of carbonyl (C=O) groups excluding carboxylic acids is 1. The van der Waals surface area contributed by atoms with Gasteiger partial charge < -0.3 is 9.68 Å². The normalized spacial score (nSPS) is 8.86. The molecule has 0 aromatic heterocycles. The molecule has 5 nitrogen and oxygen atoms in total. The summed E-state index contributed by atoms with van der Waals surface area (Å²) in [6, 6.07) is 6.44. The highest BCUT2D eigenvalue weighted by molar-refractivity contribution is 5.92. The van der Waals surface area contributed by atoms with Gasteiger partial charge in [-0.25, -0.2) is 4.79 Å². The Morgan fingerprint density at radius 1 is 1.21 bits per heavy atom. The smallest absolute Gasteiger partial charge is 0.357 e. The van der Waals surface area contributed by atoms with E-state index in [9.17, 15) is 4.79 Å². The fourth-order valence-electron chi connectivity index (χ4n) is 0.892. The zero-order valence-electron chi connectivity index (χ0n) is 7.34. The van der Waals surface area contributed by atoms with Gasteiger partial charge in [-0.15, -0.1) is 0 Å². The molecule has 0 spiro atoms. The summed E-state index contributed by atoms with van der Waals surface area (Å²) < 4.78 is 0. The summed E-state index contributed by atoms with van der Waals surface area (Å²) in [6.07, 6.45) is 0. The van der Waals surface area contributed by atoms with Crippen molar-refractivity contribution in [3.05, 3.63) is 29.8 Å². The number of benzene rings is 1. The first-order valence-corrected chi connectivity index (χ1v) is 3.69. The molecule has 0 saturated heterocycles. The number of para-hydroxylation sites is 1. The SMILES string of the molecule is C=NOC(=O)c1ccccc1ON=C. The van der Waals surface area contributed by atoms with E-state index in [1.165, 1.54) is 6.07 Å². The van der Waals surface area contributed by atoms with E-state index in [1.807, 2.05) is 0 Å². The van der Waals surface area contributed by atoms with Crippen LogP contribution < -0.4 is 4.84 Å². The minimum Gasteiger partial charge on any atom is -0.357 e. The first-order valence-electron chi connectivity index (χ1n) is 3.69. The zero-order chi connectivity index (χ0) is 10.4. The Morgan fingerprint density at radius 3 is 2.57 bits per heavy atom. The average molecular weight is 192 g/mol. The first kappa shape index (κ1) is 9.91. The molecule has 0 N–H and O–H groups in total. The van der Waals surface area contributed by atoms with Crippen LogP contribution in [0.3, 0.4) is 0 Å². The maximum absolute atomic E-state index is 11.2. The third kappa shape index (κ3) is 2.16. The molecule has 0 unspecified atom stereocenters. The van der Waals surface area contributed by atoms with E-state index in [1.54, 1.807) is 18.2 Å². The van der Waals surface area contributed by atoms with Gasteiger partial charge in [-0.1, -0.05) is 22.4 Å². The van der Waals surface area contributed by atoms with Gasteiger partial charge in [0.2, 0.25) is 0 Å². The van der Waals surface area contributed by atoms with Crippen molar-refractivity contribution in [2.75, 3.05) is 0 Å². The molecular formula is C9H8N2O3. The molecule has 14 heavy (non-hydrogen) atoms. The minimum atomic E-state index is -0.653. The monoisotopic (exact) mass is 192 g/mol. The lowest BCUT2D eigenvalue weighted by Crippen LogP contribution is -2.02. The third-order valence-corrected chi connectivity index (χ3v) is 1.42. The summed E-state index contributed by atoms with van der Waals surface area (Å²) in [5, 5.41) is 6.22. The van der Waals surface area contributed by atoms with Gasteiger partial charge in [0.05, 0.1) is 0 Å². The fraction of sp³-hybridized carbons (Fsp3) is 0. The quantitative estimate of drug-likeness (QED) is 0.412. The first-order chi connectivity index (χ1) is 6.79. The van der Waals surface area contributed by atoms with Crippen molar-refractivity contribution in [1.29, 1.82) is 0 Å². The number of carbonyl (C=O) groups is 1. The van der Waals surface area contributed by atoms with Gasteiger partial charge in [-0.3, -0.25) is 0 Å². The standard InChI is InChI=1S/C9H8N2O3/c1-10-13-8-6-4-3-5-7(8)9(12)14-11-2/h3-6H,1-2H2. The van der Waals surface area contributed by atoms with Crippen molar-refractivity contribution in [2.45, 2.75) is 0 Å². The predicted octanol–water partition coefficient (Wildman–Crippen LogP) is 1.45. The molecule has 0 aliphatic rings. The molecule has 1 aromatic rings. The molecule has 0 atom stereocenters. The molecular weight excluding hydrogens is 184 g/mol. The lowest BCUT2D eigenvalue weighted by Gasteiger charge is -2.02. The Kier molecular flexibility index (Phi) is 3.37. The Labute approximate surface area is 80.6 Å². The topological polar surface area (TPSA) is 60.2 Å². The Bertz CT molecular complexity index is 363. The Balaban J connectivity index is 2.99. The van der Waals surface area contributed by atoms with Crippen molar-refractivity contribution in [1.82, 2.24) is 0 Å². The van der Waals surface area contributed by atoms with Crippen LogP contribution in [-0.4, -0.2) is 19.4 Å². The van der Waals surface area contributed by atoms with E-state index < -0.39 is 5.97 Å². The van der Waals surface area contributed by atoms with Crippen LogP contribution in [-0.2, 0) is 4.84 Å². The van der Waals surface area contributed by atoms with Crippen molar-refractivity contribution >= 4 is 19.4 Å². The lowest BCUT2D eigenvalue weighted by atomic mass is 10.2. The van der Waals surface area contributed by atoms with E-state index in [0.717, 1.165) is 0 Å². The van der Waals surface area contributed by atoms with Gasteiger partial charge in [0, 0.05) is 13.4 Å². The van der Waals surface area contributed by atoms with E-state index in [2.05, 4.69) is 28.6 Å². The zero-order valence-corrected chi connectivity index (χ0v) is 7.34. The molecule has 0 bridgehead atoms. The van der Waals surface area contributed by atoms with Crippen LogP contribution in [0.5, 0.6) is 5.75 Å². The molecule has 0 radical (unpaired) electrons. The van der Waals surface area contributed by atoms with Gasteiger partial charge in [0.25, 0.3) is 0 Å². The molecule has 1 rings (SSSR count). The van der Waals surface area contributed by atoms with Crippen LogP contribution in [0.2, 0.25) is 0 Å². The highest BCUT2D eigenvalue weighted by Crippen LogP contribution is 2.18. The van der Waals surface area contributed by atoms with Crippen LogP contribution in [0, 0.1) is 0 Å². The Hall–Kier alpha value is -2.17. The van der Waals surface area contributed by atoms with E-state index in [-0.39, 0.29) is 11.3 Å². The molecule has 0 amide bonds. The fourth-order valence-corrected chi connectivity index (χ4v) is 0.892. The number of nitrogens with zero attached hydrogens (tertiary/aromatic N) is 2. The summed E-state index contributed by atoms with van der Waals surface area (Å²) in [4.78, 5) is 20.3. The van der Waals surface area contributed by atoms with E-state index in [4.69, 9.17) is 4.84 Å². The largest absolute Gasteiger partial charge is 0.369 e. The van der Waals surface area contributed by atoms with Crippen LogP contribution in [0.1, 0.15) is 10.4 Å². The second-order valence-electron chi connectivity index (χ2n) is 2.22. The van der Waals surface area contributed by atoms with E-state index in [0.29, 0.717) is 0 Å². The summed E-state index contributed by atoms with van der Waals surface area (Å²) >= 11 is 0. The highest BCUT2D eigenvalue weighted by Gasteiger charge is 2.13. The maximum Gasteiger partial charge on any atom is 0.369 e. The number of rotatable bonds is 4. The maximum atomic E-state index is 11.2. The molecule has 5 heteroatoms. The summed E-state index contributed by atoms with van der Waals surface area (Å²) in [5.74, 6) is -0.393. The second kappa shape index (κ2) is 4.76. The summed E-state index contributed by atoms with van der Waals surface area (Å²) in [5.41, 5.74) is 0.215. The van der Waals surface area contributed by atoms with Gasteiger partial charge in [-0.05, 0) is 12.1 Å². The molecule has 0 fully saturated rings. The highest BCUT2D eigenvalue weighted by atomic mass is 16.7. The Morgan fingerprint density at radius 2 is 1.93 bits per heavy atom. The van der Waals surface area contributed by atoms with E-state index >= 15 is 0 Å². The van der Waals surface area contributed by atoms with Crippen LogP contribution in [0.15, 0.2) is 34.6 Å². The van der Waals surface area contributed by atoms with Gasteiger partial charge >= 0.3 is 5.97 Å².